The molecular weight excluding hydrogens is 232 g/mol. The quantitative estimate of drug-likeness (QED) is 0.422. The molecule has 0 spiro atoms. The molecule has 0 bridgehead atoms. The van der Waals surface area contributed by atoms with Crippen LogP contribution in [0.3, 0.4) is 0 Å². The van der Waals surface area contributed by atoms with E-state index in [1.807, 2.05) is 12.1 Å². The molecule has 0 saturated heterocycles. The van der Waals surface area contributed by atoms with Gasteiger partial charge in [0, 0.05) is 24.6 Å². The van der Waals surface area contributed by atoms with Gasteiger partial charge in [-0.25, -0.2) is 0 Å². The maximum atomic E-state index is 7.10. The van der Waals surface area contributed by atoms with E-state index < -0.39 is 0 Å². The Morgan fingerprint density at radius 1 is 1.06 bits per heavy atom. The van der Waals surface area contributed by atoms with E-state index in [-0.39, 0.29) is 5.84 Å². The summed E-state index contributed by atoms with van der Waals surface area (Å²) in [5.41, 5.74) is 5.27. The molecule has 0 fully saturated rings. The van der Waals surface area contributed by atoms with Gasteiger partial charge < -0.3 is 19.9 Å². The van der Waals surface area contributed by atoms with Crippen molar-refractivity contribution < 1.29 is 14.2 Å². The Morgan fingerprint density at radius 3 is 2.11 bits per heavy atom. The van der Waals surface area contributed by atoms with Crippen LogP contribution in [0.2, 0.25) is 0 Å². The summed E-state index contributed by atoms with van der Waals surface area (Å²) in [6, 6.07) is 5.42. The summed E-state index contributed by atoms with van der Waals surface area (Å²) in [5, 5.41) is 7.10. The fourth-order valence-electron chi connectivity index (χ4n) is 1.47. The standard InChI is InChI=1S/C13H20N2O3/c1-16-10-7-11(17-2)9-12(8-10)18-6-4-3-5-13(14)15/h7-9H,3-6H2,1-2H3,(H3,14,15). The number of nitrogens with two attached hydrogens (primary N) is 1. The average Bonchev–Trinajstić information content (AvgIpc) is 2.37. The Hall–Kier alpha value is -1.91. The van der Waals surface area contributed by atoms with Crippen molar-refractivity contribution in [3.63, 3.8) is 0 Å². The summed E-state index contributed by atoms with van der Waals surface area (Å²) in [7, 11) is 3.21. The molecule has 0 unspecified atom stereocenters. The predicted octanol–water partition coefficient (Wildman–Crippen LogP) is 2.19. The minimum Gasteiger partial charge on any atom is -0.496 e. The first kappa shape index (κ1) is 14.2. The average molecular weight is 252 g/mol. The molecule has 0 heterocycles. The molecule has 18 heavy (non-hydrogen) atoms. The van der Waals surface area contributed by atoms with Crippen molar-refractivity contribution in [2.24, 2.45) is 5.73 Å². The summed E-state index contributed by atoms with van der Waals surface area (Å²) in [5.74, 6) is 2.34. The monoisotopic (exact) mass is 252 g/mol. The van der Waals surface area contributed by atoms with E-state index >= 15 is 0 Å². The van der Waals surface area contributed by atoms with Gasteiger partial charge in [0.1, 0.15) is 17.2 Å². The number of ether oxygens (including phenoxy) is 3. The molecule has 0 aliphatic heterocycles. The summed E-state index contributed by atoms with van der Waals surface area (Å²) < 4.78 is 15.9. The van der Waals surface area contributed by atoms with E-state index in [9.17, 15) is 0 Å². The normalized spacial score (nSPS) is 9.89. The molecule has 100 valence electrons. The first-order valence-corrected chi connectivity index (χ1v) is 5.84. The van der Waals surface area contributed by atoms with Crippen molar-refractivity contribution in [3.05, 3.63) is 18.2 Å². The Bertz CT molecular complexity index is 372. The van der Waals surface area contributed by atoms with Crippen LogP contribution in [0, 0.1) is 5.41 Å². The second-order valence-corrected chi connectivity index (χ2v) is 3.88. The smallest absolute Gasteiger partial charge is 0.126 e. The number of hydrogen-bond donors (Lipinski definition) is 2. The highest BCUT2D eigenvalue weighted by Gasteiger charge is 2.02. The van der Waals surface area contributed by atoms with Crippen LogP contribution in [0.15, 0.2) is 18.2 Å². The van der Waals surface area contributed by atoms with Gasteiger partial charge in [0.15, 0.2) is 0 Å². The van der Waals surface area contributed by atoms with Crippen LogP contribution in [0.4, 0.5) is 0 Å². The third-order valence-corrected chi connectivity index (χ3v) is 2.43. The first-order chi connectivity index (χ1) is 8.65. The molecule has 0 aromatic heterocycles. The van der Waals surface area contributed by atoms with E-state index in [1.54, 1.807) is 20.3 Å². The lowest BCUT2D eigenvalue weighted by atomic mass is 10.2. The van der Waals surface area contributed by atoms with Crippen molar-refractivity contribution in [3.8, 4) is 17.2 Å². The second-order valence-electron chi connectivity index (χ2n) is 3.88. The molecule has 1 rings (SSSR count). The molecule has 0 aliphatic rings. The Balaban J connectivity index is 2.43. The van der Waals surface area contributed by atoms with Crippen LogP contribution in [0.25, 0.3) is 0 Å². The maximum Gasteiger partial charge on any atom is 0.126 e. The van der Waals surface area contributed by atoms with Gasteiger partial charge in [-0.1, -0.05) is 0 Å². The Morgan fingerprint density at radius 2 is 1.61 bits per heavy atom. The number of nitrogens with one attached hydrogen (secondary N) is 1. The van der Waals surface area contributed by atoms with Gasteiger partial charge in [-0.05, 0) is 12.8 Å². The molecule has 0 atom stereocenters. The van der Waals surface area contributed by atoms with Crippen LogP contribution in [-0.2, 0) is 0 Å². The zero-order chi connectivity index (χ0) is 13.4. The topological polar surface area (TPSA) is 77.6 Å². The predicted molar refractivity (Wildman–Crippen MR) is 70.8 cm³/mol. The van der Waals surface area contributed by atoms with E-state index in [2.05, 4.69) is 0 Å². The lowest BCUT2D eigenvalue weighted by Gasteiger charge is -2.10. The number of rotatable bonds is 8. The van der Waals surface area contributed by atoms with Gasteiger partial charge in [0.25, 0.3) is 0 Å². The third kappa shape index (κ3) is 4.95. The highest BCUT2D eigenvalue weighted by molar-refractivity contribution is 5.76. The molecule has 1 aromatic rings. The number of hydrogen-bond acceptors (Lipinski definition) is 4. The molecule has 0 radical (unpaired) electrons. The summed E-state index contributed by atoms with van der Waals surface area (Å²) in [6.45, 7) is 0.587. The largest absolute Gasteiger partial charge is 0.496 e. The van der Waals surface area contributed by atoms with E-state index in [0.29, 0.717) is 30.3 Å². The van der Waals surface area contributed by atoms with Crippen LogP contribution < -0.4 is 19.9 Å². The lowest BCUT2D eigenvalue weighted by molar-refractivity contribution is 0.302. The second kappa shape index (κ2) is 7.42. The number of benzene rings is 1. The summed E-state index contributed by atoms with van der Waals surface area (Å²) in [4.78, 5) is 0. The first-order valence-electron chi connectivity index (χ1n) is 5.84. The molecule has 0 aliphatic carbocycles. The zero-order valence-electron chi connectivity index (χ0n) is 10.9. The number of methoxy groups -OCH3 is 2. The van der Waals surface area contributed by atoms with Crippen LogP contribution in [0.5, 0.6) is 17.2 Å². The van der Waals surface area contributed by atoms with E-state index in [0.717, 1.165) is 12.8 Å². The van der Waals surface area contributed by atoms with Crippen molar-refractivity contribution in [1.82, 2.24) is 0 Å². The minimum atomic E-state index is 0.220. The van der Waals surface area contributed by atoms with Gasteiger partial charge in [0.05, 0.1) is 26.7 Å². The fourth-order valence-corrected chi connectivity index (χ4v) is 1.47. The number of amidine groups is 1. The Kier molecular flexibility index (Phi) is 5.84. The molecule has 5 nitrogen and oxygen atoms in total. The van der Waals surface area contributed by atoms with Crippen molar-refractivity contribution in [2.75, 3.05) is 20.8 Å². The Labute approximate surface area is 107 Å². The summed E-state index contributed by atoms with van der Waals surface area (Å²) in [6.07, 6.45) is 2.33. The van der Waals surface area contributed by atoms with E-state index in [1.165, 1.54) is 0 Å². The number of unbranched alkanes of at least 4 members (excludes halogenated alkanes) is 1. The molecule has 1 aromatic carbocycles. The molecule has 3 N–H and O–H groups in total. The van der Waals surface area contributed by atoms with E-state index in [4.69, 9.17) is 25.4 Å². The maximum absolute atomic E-state index is 7.10. The third-order valence-electron chi connectivity index (χ3n) is 2.43. The van der Waals surface area contributed by atoms with Crippen molar-refractivity contribution in [1.29, 1.82) is 5.41 Å². The molecule has 0 amide bonds. The van der Waals surface area contributed by atoms with Crippen molar-refractivity contribution in [2.45, 2.75) is 19.3 Å². The molecule has 5 heteroatoms. The van der Waals surface area contributed by atoms with Gasteiger partial charge >= 0.3 is 0 Å². The van der Waals surface area contributed by atoms with Crippen LogP contribution >= 0.6 is 0 Å². The lowest BCUT2D eigenvalue weighted by Crippen LogP contribution is -2.09. The van der Waals surface area contributed by atoms with Crippen LogP contribution in [0.1, 0.15) is 19.3 Å². The van der Waals surface area contributed by atoms with Gasteiger partial charge in [-0.15, -0.1) is 0 Å². The SMILES string of the molecule is COc1cc(OC)cc(OCCCCC(=N)N)c1. The molecule has 0 saturated carbocycles. The van der Waals surface area contributed by atoms with Gasteiger partial charge in [-0.3, -0.25) is 5.41 Å². The highest BCUT2D eigenvalue weighted by Crippen LogP contribution is 2.27. The fraction of sp³-hybridized carbons (Fsp3) is 0.462. The minimum absolute atomic E-state index is 0.220. The van der Waals surface area contributed by atoms with Gasteiger partial charge in [0.2, 0.25) is 0 Å². The molecular formula is C13H20N2O3. The van der Waals surface area contributed by atoms with Gasteiger partial charge in [-0.2, -0.15) is 0 Å². The highest BCUT2D eigenvalue weighted by atomic mass is 16.5. The summed E-state index contributed by atoms with van der Waals surface area (Å²) >= 11 is 0. The van der Waals surface area contributed by atoms with Crippen molar-refractivity contribution >= 4 is 5.84 Å². The zero-order valence-corrected chi connectivity index (χ0v) is 10.9. The van der Waals surface area contributed by atoms with Crippen LogP contribution in [-0.4, -0.2) is 26.7 Å².